The maximum atomic E-state index is 10.8. The molecule has 0 fully saturated rings. The Bertz CT molecular complexity index is 822. The molecule has 158 valence electrons. The van der Waals surface area contributed by atoms with Crippen LogP contribution in [-0.4, -0.2) is 44.8 Å². The zero-order valence-corrected chi connectivity index (χ0v) is 17.4. The largest absolute Gasteiger partial charge is 0.504 e. The molecule has 0 saturated carbocycles. The van der Waals surface area contributed by atoms with Crippen LogP contribution >= 0.6 is 0 Å². The number of aliphatic hydroxyl groups is 1. The molecular weight excluding hydrogens is 376 g/mol. The van der Waals surface area contributed by atoms with E-state index < -0.39 is 12.2 Å². The highest BCUT2D eigenvalue weighted by Gasteiger charge is 2.25. The fourth-order valence-electron chi connectivity index (χ4n) is 2.99. The summed E-state index contributed by atoms with van der Waals surface area (Å²) in [5, 5.41) is 21.0. The minimum atomic E-state index is -1.07. The molecule has 2 aromatic carbocycles. The monoisotopic (exact) mass is 404 g/mol. The fourth-order valence-corrected chi connectivity index (χ4v) is 2.99. The molecule has 0 spiro atoms. The van der Waals surface area contributed by atoms with E-state index in [1.807, 2.05) is 12.1 Å². The topological polar surface area (TPSA) is 86.6 Å². The van der Waals surface area contributed by atoms with Gasteiger partial charge in [-0.1, -0.05) is 6.08 Å². The molecule has 0 bridgehead atoms. The number of aromatic hydroxyl groups is 1. The van der Waals surface area contributed by atoms with Crippen LogP contribution in [0, 0.1) is 0 Å². The summed E-state index contributed by atoms with van der Waals surface area (Å²) in [7, 11) is 5.95. The Morgan fingerprint density at radius 2 is 1.45 bits per heavy atom. The number of phenols is 1. The zero-order valence-electron chi connectivity index (χ0n) is 17.4. The van der Waals surface area contributed by atoms with E-state index in [0.717, 1.165) is 5.56 Å². The van der Waals surface area contributed by atoms with Crippen LogP contribution in [0.5, 0.6) is 34.5 Å². The molecule has 0 amide bonds. The van der Waals surface area contributed by atoms with Gasteiger partial charge in [0.1, 0.15) is 12.2 Å². The number of methoxy groups -OCH3 is 4. The minimum absolute atomic E-state index is 0.142. The third-order valence-corrected chi connectivity index (χ3v) is 4.47. The van der Waals surface area contributed by atoms with Crippen molar-refractivity contribution >= 4 is 0 Å². The number of phenolic OH excluding ortho intramolecular Hbond substituents is 1. The summed E-state index contributed by atoms with van der Waals surface area (Å²) in [5.74, 6) is 1.69. The zero-order chi connectivity index (χ0) is 21.6. The molecule has 0 aliphatic carbocycles. The van der Waals surface area contributed by atoms with E-state index in [4.69, 9.17) is 23.7 Å². The van der Waals surface area contributed by atoms with Crippen LogP contribution < -0.4 is 23.7 Å². The molecule has 0 heterocycles. The second-order valence-electron chi connectivity index (χ2n) is 6.37. The van der Waals surface area contributed by atoms with Gasteiger partial charge in [0.15, 0.2) is 23.0 Å². The lowest BCUT2D eigenvalue weighted by Gasteiger charge is -2.24. The summed E-state index contributed by atoms with van der Waals surface area (Å²) < 4.78 is 27.2. The van der Waals surface area contributed by atoms with Crippen LogP contribution in [0.2, 0.25) is 0 Å². The second-order valence-corrected chi connectivity index (χ2v) is 6.37. The second kappa shape index (κ2) is 9.93. The summed E-state index contributed by atoms with van der Waals surface area (Å²) in [6.07, 6.45) is 0.671. The molecule has 29 heavy (non-hydrogen) atoms. The summed E-state index contributed by atoms with van der Waals surface area (Å²) in [6, 6.07) is 6.67. The lowest BCUT2D eigenvalue weighted by Crippen LogP contribution is -2.22. The number of hydrogen-bond donors (Lipinski definition) is 2. The summed E-state index contributed by atoms with van der Waals surface area (Å²) in [4.78, 5) is 0. The Labute approximate surface area is 171 Å². The molecule has 0 aliphatic heterocycles. The lowest BCUT2D eigenvalue weighted by atomic mass is 10.0. The van der Waals surface area contributed by atoms with Crippen molar-refractivity contribution in [3.63, 3.8) is 0 Å². The van der Waals surface area contributed by atoms with Crippen LogP contribution in [0.4, 0.5) is 0 Å². The van der Waals surface area contributed by atoms with Crippen LogP contribution in [0.1, 0.15) is 24.2 Å². The standard InChI is InChI=1S/C22H28O7/c1-7-8-14-9-17(25-3)22(18(10-14)26-4)29-13(2)20(24)15-11-16(23)21(28-6)19(12-15)27-5/h7,9-13,20,23-24H,1,8H2,2-6H3. The molecule has 0 aromatic heterocycles. The van der Waals surface area contributed by atoms with E-state index in [-0.39, 0.29) is 11.5 Å². The lowest BCUT2D eigenvalue weighted by molar-refractivity contribution is 0.0431. The number of benzene rings is 2. The van der Waals surface area contributed by atoms with Crippen molar-refractivity contribution in [3.05, 3.63) is 48.0 Å². The van der Waals surface area contributed by atoms with Crippen LogP contribution in [0.3, 0.4) is 0 Å². The molecule has 0 aliphatic rings. The first-order valence-corrected chi connectivity index (χ1v) is 9.05. The van der Waals surface area contributed by atoms with Gasteiger partial charge in [-0.25, -0.2) is 0 Å². The molecule has 0 radical (unpaired) electrons. The summed E-state index contributed by atoms with van der Waals surface area (Å²) in [6.45, 7) is 5.45. The minimum Gasteiger partial charge on any atom is -0.504 e. The van der Waals surface area contributed by atoms with E-state index in [1.165, 1.54) is 34.5 Å². The van der Waals surface area contributed by atoms with E-state index in [9.17, 15) is 10.2 Å². The molecule has 2 rings (SSSR count). The van der Waals surface area contributed by atoms with Gasteiger partial charge in [0, 0.05) is 0 Å². The molecule has 7 heteroatoms. The molecule has 2 N–H and O–H groups in total. The number of aliphatic hydroxyl groups excluding tert-OH is 1. The SMILES string of the molecule is C=CCc1cc(OC)c(OC(C)C(O)c2cc(O)c(OC)c(OC)c2)c(OC)c1. The molecule has 2 atom stereocenters. The average molecular weight is 404 g/mol. The predicted molar refractivity (Wildman–Crippen MR) is 110 cm³/mol. The van der Waals surface area contributed by atoms with Crippen molar-refractivity contribution in [2.24, 2.45) is 0 Å². The van der Waals surface area contributed by atoms with E-state index in [2.05, 4.69) is 6.58 Å². The maximum Gasteiger partial charge on any atom is 0.203 e. The van der Waals surface area contributed by atoms with Gasteiger partial charge in [0.05, 0.1) is 28.4 Å². The number of allylic oxidation sites excluding steroid dienone is 1. The van der Waals surface area contributed by atoms with Gasteiger partial charge >= 0.3 is 0 Å². The fraction of sp³-hybridized carbons (Fsp3) is 0.364. The highest BCUT2D eigenvalue weighted by atomic mass is 16.5. The summed E-state index contributed by atoms with van der Waals surface area (Å²) in [5.41, 5.74) is 1.37. The normalized spacial score (nSPS) is 12.6. The van der Waals surface area contributed by atoms with E-state index in [1.54, 1.807) is 19.1 Å². The number of ether oxygens (including phenoxy) is 5. The molecule has 7 nitrogen and oxygen atoms in total. The Morgan fingerprint density at radius 1 is 0.897 bits per heavy atom. The van der Waals surface area contributed by atoms with E-state index >= 15 is 0 Å². The van der Waals surface area contributed by atoms with Crippen LogP contribution in [0.15, 0.2) is 36.9 Å². The highest BCUT2D eigenvalue weighted by molar-refractivity contribution is 5.55. The first kappa shape index (κ1) is 22.2. The third-order valence-electron chi connectivity index (χ3n) is 4.47. The molecule has 2 unspecified atom stereocenters. The molecule has 2 aromatic rings. The third kappa shape index (κ3) is 4.86. The van der Waals surface area contributed by atoms with Crippen molar-refractivity contribution in [3.8, 4) is 34.5 Å². The van der Waals surface area contributed by atoms with Gasteiger partial charge in [0.2, 0.25) is 11.5 Å². The summed E-state index contributed by atoms with van der Waals surface area (Å²) >= 11 is 0. The Hall–Kier alpha value is -3.06. The molecule has 0 saturated heterocycles. The average Bonchev–Trinajstić information content (AvgIpc) is 2.73. The van der Waals surface area contributed by atoms with Crippen molar-refractivity contribution in [1.29, 1.82) is 0 Å². The smallest absolute Gasteiger partial charge is 0.203 e. The van der Waals surface area contributed by atoms with Gasteiger partial charge < -0.3 is 33.9 Å². The van der Waals surface area contributed by atoms with Crippen molar-refractivity contribution < 1.29 is 33.9 Å². The number of hydrogen-bond acceptors (Lipinski definition) is 7. The number of rotatable bonds is 10. The van der Waals surface area contributed by atoms with Gasteiger partial charge in [-0.2, -0.15) is 0 Å². The predicted octanol–water partition coefficient (Wildman–Crippen LogP) is 3.66. The van der Waals surface area contributed by atoms with Crippen LogP contribution in [0.25, 0.3) is 0 Å². The van der Waals surface area contributed by atoms with Crippen molar-refractivity contribution in [2.75, 3.05) is 28.4 Å². The first-order valence-electron chi connectivity index (χ1n) is 9.05. The van der Waals surface area contributed by atoms with Crippen LogP contribution in [-0.2, 0) is 6.42 Å². The van der Waals surface area contributed by atoms with Gasteiger partial charge in [-0.3, -0.25) is 0 Å². The van der Waals surface area contributed by atoms with Gasteiger partial charge in [0.25, 0.3) is 0 Å². The van der Waals surface area contributed by atoms with Gasteiger partial charge in [-0.05, 0) is 48.7 Å². The highest BCUT2D eigenvalue weighted by Crippen LogP contribution is 2.42. The van der Waals surface area contributed by atoms with E-state index in [0.29, 0.717) is 35.0 Å². The first-order chi connectivity index (χ1) is 13.9. The van der Waals surface area contributed by atoms with Crippen molar-refractivity contribution in [1.82, 2.24) is 0 Å². The Kier molecular flexibility index (Phi) is 7.61. The Balaban J connectivity index is 2.35. The maximum absolute atomic E-state index is 10.8. The van der Waals surface area contributed by atoms with Crippen molar-refractivity contribution in [2.45, 2.75) is 25.6 Å². The molecular formula is C22H28O7. The quantitative estimate of drug-likeness (QED) is 0.585. The van der Waals surface area contributed by atoms with Gasteiger partial charge in [-0.15, -0.1) is 6.58 Å². The Morgan fingerprint density at radius 3 is 1.93 bits per heavy atom.